The van der Waals surface area contributed by atoms with Gasteiger partial charge in [-0.15, -0.1) is 11.3 Å². The molecule has 1 aromatic rings. The SMILES string of the molecule is CC(C)(C)OC(=O)c1cc[c]s1. The van der Waals surface area contributed by atoms with Gasteiger partial charge >= 0.3 is 5.97 Å². The van der Waals surface area contributed by atoms with Crippen LogP contribution in [0.5, 0.6) is 0 Å². The first-order chi connectivity index (χ1) is 5.49. The average molecular weight is 183 g/mol. The van der Waals surface area contributed by atoms with Gasteiger partial charge in [0.05, 0.1) is 0 Å². The van der Waals surface area contributed by atoms with Gasteiger partial charge in [-0.25, -0.2) is 4.79 Å². The van der Waals surface area contributed by atoms with Gasteiger partial charge in [0, 0.05) is 5.38 Å². The molecule has 0 unspecified atom stereocenters. The Morgan fingerprint density at radius 1 is 1.58 bits per heavy atom. The highest BCUT2D eigenvalue weighted by Crippen LogP contribution is 2.14. The fourth-order valence-electron chi connectivity index (χ4n) is 0.679. The second-order valence-electron chi connectivity index (χ2n) is 3.42. The van der Waals surface area contributed by atoms with E-state index in [1.807, 2.05) is 20.8 Å². The van der Waals surface area contributed by atoms with Gasteiger partial charge in [0.1, 0.15) is 10.5 Å². The number of esters is 1. The van der Waals surface area contributed by atoms with Crippen molar-refractivity contribution in [2.75, 3.05) is 0 Å². The lowest BCUT2D eigenvalue weighted by atomic mass is 10.2. The van der Waals surface area contributed by atoms with Crippen molar-refractivity contribution in [3.63, 3.8) is 0 Å². The van der Waals surface area contributed by atoms with Crippen LogP contribution in [-0.2, 0) is 4.74 Å². The zero-order valence-electron chi connectivity index (χ0n) is 7.38. The van der Waals surface area contributed by atoms with E-state index in [2.05, 4.69) is 5.38 Å². The number of ether oxygens (including phenoxy) is 1. The summed E-state index contributed by atoms with van der Waals surface area (Å²) < 4.78 is 5.13. The molecule has 3 heteroatoms. The highest BCUT2D eigenvalue weighted by Gasteiger charge is 2.17. The molecule has 1 aromatic heterocycles. The van der Waals surface area contributed by atoms with Crippen LogP contribution in [0.25, 0.3) is 0 Å². The van der Waals surface area contributed by atoms with E-state index in [9.17, 15) is 4.79 Å². The van der Waals surface area contributed by atoms with Crippen LogP contribution in [0.1, 0.15) is 30.4 Å². The summed E-state index contributed by atoms with van der Waals surface area (Å²) in [6, 6.07) is 3.42. The fourth-order valence-corrected chi connectivity index (χ4v) is 1.20. The monoisotopic (exact) mass is 183 g/mol. The summed E-state index contributed by atoms with van der Waals surface area (Å²) in [5.41, 5.74) is -0.416. The summed E-state index contributed by atoms with van der Waals surface area (Å²) in [5, 5.41) is 2.84. The third kappa shape index (κ3) is 2.66. The molecule has 0 bridgehead atoms. The third-order valence-electron chi connectivity index (χ3n) is 1.07. The van der Waals surface area contributed by atoms with Crippen LogP contribution in [0, 0.1) is 5.38 Å². The summed E-state index contributed by atoms with van der Waals surface area (Å²) in [5.74, 6) is -0.270. The minimum absolute atomic E-state index is 0.270. The fraction of sp³-hybridized carbons (Fsp3) is 0.444. The molecule has 65 valence electrons. The Kier molecular flexibility index (Phi) is 2.52. The average Bonchev–Trinajstić information content (AvgIpc) is 2.32. The topological polar surface area (TPSA) is 26.3 Å². The van der Waals surface area contributed by atoms with Crippen molar-refractivity contribution in [2.24, 2.45) is 0 Å². The van der Waals surface area contributed by atoms with Crippen molar-refractivity contribution < 1.29 is 9.53 Å². The van der Waals surface area contributed by atoms with Crippen LogP contribution in [0.4, 0.5) is 0 Å². The highest BCUT2D eigenvalue weighted by atomic mass is 32.1. The minimum Gasteiger partial charge on any atom is -0.456 e. The Hall–Kier alpha value is -0.830. The second-order valence-corrected chi connectivity index (χ2v) is 4.30. The molecule has 0 fully saturated rings. The largest absolute Gasteiger partial charge is 0.456 e. The van der Waals surface area contributed by atoms with Gasteiger partial charge in [-0.1, -0.05) is 0 Å². The van der Waals surface area contributed by atoms with E-state index in [0.717, 1.165) is 0 Å². The zero-order chi connectivity index (χ0) is 9.19. The number of carbonyl (C=O) groups is 1. The van der Waals surface area contributed by atoms with Crippen molar-refractivity contribution in [1.29, 1.82) is 0 Å². The lowest BCUT2D eigenvalue weighted by Gasteiger charge is -2.18. The standard InChI is InChI=1S/C9H11O2S/c1-9(2,3)11-8(10)7-5-4-6-12-7/h4-5H,1-3H3. The van der Waals surface area contributed by atoms with Gasteiger partial charge in [0.2, 0.25) is 0 Å². The molecule has 0 saturated heterocycles. The molecular weight excluding hydrogens is 172 g/mol. The van der Waals surface area contributed by atoms with Gasteiger partial charge in [-0.2, -0.15) is 0 Å². The van der Waals surface area contributed by atoms with E-state index in [1.165, 1.54) is 11.3 Å². The molecule has 0 saturated carbocycles. The van der Waals surface area contributed by atoms with Crippen LogP contribution in [0.2, 0.25) is 0 Å². The predicted molar refractivity (Wildman–Crippen MR) is 48.3 cm³/mol. The number of rotatable bonds is 1. The Morgan fingerprint density at radius 2 is 2.25 bits per heavy atom. The van der Waals surface area contributed by atoms with Gasteiger partial charge < -0.3 is 4.74 Å². The molecule has 0 amide bonds. The first-order valence-corrected chi connectivity index (χ1v) is 4.50. The third-order valence-corrected chi connectivity index (χ3v) is 1.85. The van der Waals surface area contributed by atoms with Gasteiger partial charge in [-0.3, -0.25) is 0 Å². The van der Waals surface area contributed by atoms with Crippen molar-refractivity contribution in [3.8, 4) is 0 Å². The van der Waals surface area contributed by atoms with E-state index in [-0.39, 0.29) is 5.97 Å². The van der Waals surface area contributed by atoms with Crippen molar-refractivity contribution in [1.82, 2.24) is 0 Å². The van der Waals surface area contributed by atoms with Gasteiger partial charge in [0.15, 0.2) is 0 Å². The quantitative estimate of drug-likeness (QED) is 0.625. The molecule has 0 N–H and O–H groups in total. The van der Waals surface area contributed by atoms with Crippen LogP contribution in [-0.4, -0.2) is 11.6 Å². The van der Waals surface area contributed by atoms with Crippen molar-refractivity contribution in [3.05, 3.63) is 22.4 Å². The first-order valence-electron chi connectivity index (χ1n) is 3.68. The molecule has 0 aliphatic rings. The van der Waals surface area contributed by atoms with E-state index in [4.69, 9.17) is 4.74 Å². The maximum Gasteiger partial charge on any atom is 0.348 e. The molecule has 0 aliphatic carbocycles. The van der Waals surface area contributed by atoms with E-state index >= 15 is 0 Å². The molecule has 0 atom stereocenters. The number of hydrogen-bond acceptors (Lipinski definition) is 3. The van der Waals surface area contributed by atoms with Crippen LogP contribution in [0.15, 0.2) is 12.1 Å². The van der Waals surface area contributed by atoms with Crippen LogP contribution in [0.3, 0.4) is 0 Å². The first kappa shape index (κ1) is 9.26. The summed E-state index contributed by atoms with van der Waals surface area (Å²) in [6.45, 7) is 5.55. The Balaban J connectivity index is 2.63. The highest BCUT2D eigenvalue weighted by molar-refractivity contribution is 7.11. The van der Waals surface area contributed by atoms with E-state index in [0.29, 0.717) is 4.88 Å². The van der Waals surface area contributed by atoms with Gasteiger partial charge in [0.25, 0.3) is 0 Å². The smallest absolute Gasteiger partial charge is 0.348 e. The second kappa shape index (κ2) is 3.27. The summed E-state index contributed by atoms with van der Waals surface area (Å²) >= 11 is 1.27. The number of hydrogen-bond donors (Lipinski definition) is 0. The lowest BCUT2D eigenvalue weighted by Crippen LogP contribution is -2.23. The van der Waals surface area contributed by atoms with E-state index < -0.39 is 5.60 Å². The van der Waals surface area contributed by atoms with Gasteiger partial charge in [-0.05, 0) is 32.9 Å². The molecule has 2 nitrogen and oxygen atoms in total. The maximum atomic E-state index is 11.3. The Bertz CT molecular complexity index is 257. The molecule has 1 radical (unpaired) electrons. The van der Waals surface area contributed by atoms with Crippen LogP contribution < -0.4 is 0 Å². The molecule has 12 heavy (non-hydrogen) atoms. The molecular formula is C9H11O2S. The Morgan fingerprint density at radius 3 is 2.67 bits per heavy atom. The lowest BCUT2D eigenvalue weighted by molar-refractivity contribution is 0.00753. The molecule has 0 aliphatic heterocycles. The zero-order valence-corrected chi connectivity index (χ0v) is 8.20. The maximum absolute atomic E-state index is 11.3. The molecule has 1 heterocycles. The van der Waals surface area contributed by atoms with Crippen molar-refractivity contribution >= 4 is 17.3 Å². The summed E-state index contributed by atoms with van der Waals surface area (Å²) in [7, 11) is 0. The molecule has 0 aromatic carbocycles. The number of carbonyl (C=O) groups excluding carboxylic acids is 1. The minimum atomic E-state index is -0.416. The van der Waals surface area contributed by atoms with E-state index in [1.54, 1.807) is 12.1 Å². The Labute approximate surface area is 76.2 Å². The summed E-state index contributed by atoms with van der Waals surface area (Å²) in [4.78, 5) is 11.9. The summed E-state index contributed by atoms with van der Waals surface area (Å²) in [6.07, 6.45) is 0. The van der Waals surface area contributed by atoms with Crippen molar-refractivity contribution in [2.45, 2.75) is 26.4 Å². The molecule has 1 rings (SSSR count). The van der Waals surface area contributed by atoms with Crippen LogP contribution >= 0.6 is 11.3 Å². The molecule has 0 spiro atoms. The predicted octanol–water partition coefficient (Wildman–Crippen LogP) is 2.50. The normalized spacial score (nSPS) is 11.2. The number of thiophene rings is 1.